The molecule has 0 saturated heterocycles. The van der Waals surface area contributed by atoms with Crippen molar-refractivity contribution in [3.8, 4) is 11.3 Å². The smallest absolute Gasteiger partial charge is 0.135 e. The fourth-order valence-electron chi connectivity index (χ4n) is 1.62. The molecule has 2 aromatic rings. The molecule has 1 heterocycles. The highest BCUT2D eigenvalue weighted by Crippen LogP contribution is 2.29. The first kappa shape index (κ1) is 13.1. The van der Waals surface area contributed by atoms with E-state index in [1.165, 1.54) is 0 Å². The average Bonchev–Trinajstić information content (AvgIpc) is 2.84. The molecule has 0 aliphatic heterocycles. The van der Waals surface area contributed by atoms with Gasteiger partial charge in [0.15, 0.2) is 0 Å². The molecule has 2 rings (SSSR count). The Kier molecular flexibility index (Phi) is 4.81. The van der Waals surface area contributed by atoms with Crippen LogP contribution in [-0.4, -0.2) is 13.2 Å². The Bertz CT molecular complexity index is 496. The molecule has 4 heteroatoms. The minimum Gasteiger partial charge on any atom is -0.459 e. The standard InChI is InChI=1S/C14H16ClNO2/c15-13-5-2-1-4-12(13)14-7-6-11(18-14)10-17-9-3-8-16/h1-2,4-7H,3,8-10,16H2. The van der Waals surface area contributed by atoms with Gasteiger partial charge in [0.1, 0.15) is 18.1 Å². The molecule has 1 aromatic heterocycles. The van der Waals surface area contributed by atoms with Crippen LogP contribution in [0.3, 0.4) is 0 Å². The van der Waals surface area contributed by atoms with Crippen molar-refractivity contribution in [2.45, 2.75) is 13.0 Å². The van der Waals surface area contributed by atoms with Gasteiger partial charge in [-0.15, -0.1) is 0 Å². The second-order valence-electron chi connectivity index (χ2n) is 3.94. The number of hydrogen-bond acceptors (Lipinski definition) is 3. The summed E-state index contributed by atoms with van der Waals surface area (Å²) in [5.74, 6) is 1.56. The summed E-state index contributed by atoms with van der Waals surface area (Å²) in [6.07, 6.45) is 0.859. The summed E-state index contributed by atoms with van der Waals surface area (Å²) in [5, 5.41) is 0.683. The molecule has 0 aliphatic carbocycles. The summed E-state index contributed by atoms with van der Waals surface area (Å²) in [6, 6.07) is 11.4. The van der Waals surface area contributed by atoms with Gasteiger partial charge in [-0.2, -0.15) is 0 Å². The Hall–Kier alpha value is -1.29. The second kappa shape index (κ2) is 6.59. The Labute approximate surface area is 111 Å². The van der Waals surface area contributed by atoms with E-state index in [2.05, 4.69) is 0 Å². The van der Waals surface area contributed by atoms with Crippen molar-refractivity contribution < 1.29 is 9.15 Å². The highest BCUT2D eigenvalue weighted by atomic mass is 35.5. The van der Waals surface area contributed by atoms with Crippen LogP contribution in [0.5, 0.6) is 0 Å². The van der Waals surface area contributed by atoms with E-state index in [9.17, 15) is 0 Å². The molecule has 0 fully saturated rings. The van der Waals surface area contributed by atoms with Gasteiger partial charge in [0.05, 0.1) is 5.02 Å². The van der Waals surface area contributed by atoms with E-state index >= 15 is 0 Å². The summed E-state index contributed by atoms with van der Waals surface area (Å²) >= 11 is 6.11. The van der Waals surface area contributed by atoms with Crippen molar-refractivity contribution in [3.63, 3.8) is 0 Å². The lowest BCUT2D eigenvalue weighted by atomic mass is 10.2. The van der Waals surface area contributed by atoms with Gasteiger partial charge in [0.2, 0.25) is 0 Å². The van der Waals surface area contributed by atoms with Crippen molar-refractivity contribution in [3.05, 3.63) is 47.2 Å². The zero-order valence-electron chi connectivity index (χ0n) is 10.1. The molecule has 0 bridgehead atoms. The predicted molar refractivity (Wildman–Crippen MR) is 72.5 cm³/mol. The summed E-state index contributed by atoms with van der Waals surface area (Å²) in [7, 11) is 0. The Morgan fingerprint density at radius 2 is 2.00 bits per heavy atom. The monoisotopic (exact) mass is 265 g/mol. The molecule has 96 valence electrons. The van der Waals surface area contributed by atoms with E-state index < -0.39 is 0 Å². The molecule has 3 nitrogen and oxygen atoms in total. The van der Waals surface area contributed by atoms with Crippen LogP contribution in [0.15, 0.2) is 40.8 Å². The maximum absolute atomic E-state index is 6.11. The van der Waals surface area contributed by atoms with Gasteiger partial charge in [0, 0.05) is 12.2 Å². The van der Waals surface area contributed by atoms with Gasteiger partial charge < -0.3 is 14.9 Å². The molecule has 0 unspecified atom stereocenters. The third kappa shape index (κ3) is 3.35. The van der Waals surface area contributed by atoms with E-state index in [1.807, 2.05) is 36.4 Å². The maximum atomic E-state index is 6.11. The number of furan rings is 1. The fourth-order valence-corrected chi connectivity index (χ4v) is 1.85. The van der Waals surface area contributed by atoms with Crippen LogP contribution in [0.4, 0.5) is 0 Å². The molecule has 0 spiro atoms. The lowest BCUT2D eigenvalue weighted by Crippen LogP contribution is -2.03. The molecule has 0 saturated carbocycles. The normalized spacial score (nSPS) is 10.8. The number of hydrogen-bond donors (Lipinski definition) is 1. The van der Waals surface area contributed by atoms with Crippen LogP contribution < -0.4 is 5.73 Å². The van der Waals surface area contributed by atoms with E-state index in [0.717, 1.165) is 23.5 Å². The molecule has 0 radical (unpaired) electrons. The van der Waals surface area contributed by atoms with Crippen molar-refractivity contribution in [2.75, 3.05) is 13.2 Å². The quantitative estimate of drug-likeness (QED) is 0.814. The minimum atomic E-state index is 0.463. The molecule has 0 atom stereocenters. The molecular weight excluding hydrogens is 250 g/mol. The first-order chi connectivity index (χ1) is 8.81. The van der Waals surface area contributed by atoms with Crippen LogP contribution in [0.1, 0.15) is 12.2 Å². The van der Waals surface area contributed by atoms with Crippen molar-refractivity contribution in [1.82, 2.24) is 0 Å². The van der Waals surface area contributed by atoms with Gasteiger partial charge >= 0.3 is 0 Å². The molecule has 0 amide bonds. The minimum absolute atomic E-state index is 0.463. The Balaban J connectivity index is 2.00. The molecule has 1 aromatic carbocycles. The van der Waals surface area contributed by atoms with Crippen LogP contribution in [0, 0.1) is 0 Å². The third-order valence-electron chi connectivity index (χ3n) is 2.54. The first-order valence-electron chi connectivity index (χ1n) is 5.92. The summed E-state index contributed by atoms with van der Waals surface area (Å²) in [5.41, 5.74) is 6.28. The van der Waals surface area contributed by atoms with E-state index in [-0.39, 0.29) is 0 Å². The topological polar surface area (TPSA) is 48.4 Å². The second-order valence-corrected chi connectivity index (χ2v) is 4.35. The summed E-state index contributed by atoms with van der Waals surface area (Å²) < 4.78 is 11.1. The van der Waals surface area contributed by atoms with Gasteiger partial charge in [-0.1, -0.05) is 23.7 Å². The number of benzene rings is 1. The van der Waals surface area contributed by atoms with Crippen molar-refractivity contribution in [1.29, 1.82) is 0 Å². The predicted octanol–water partition coefficient (Wildman–Crippen LogP) is 3.47. The number of ether oxygens (including phenoxy) is 1. The average molecular weight is 266 g/mol. The SMILES string of the molecule is NCCCOCc1ccc(-c2ccccc2Cl)o1. The zero-order valence-corrected chi connectivity index (χ0v) is 10.8. The number of rotatable bonds is 6. The summed E-state index contributed by atoms with van der Waals surface area (Å²) in [6.45, 7) is 1.76. The lowest BCUT2D eigenvalue weighted by molar-refractivity contribution is 0.106. The van der Waals surface area contributed by atoms with Crippen LogP contribution in [-0.2, 0) is 11.3 Å². The lowest BCUT2D eigenvalue weighted by Gasteiger charge is -2.01. The van der Waals surface area contributed by atoms with E-state index in [4.69, 9.17) is 26.5 Å². The molecule has 0 aliphatic rings. The van der Waals surface area contributed by atoms with Crippen LogP contribution in [0.2, 0.25) is 5.02 Å². The first-order valence-corrected chi connectivity index (χ1v) is 6.30. The van der Waals surface area contributed by atoms with Crippen molar-refractivity contribution >= 4 is 11.6 Å². The molecule has 2 N–H and O–H groups in total. The number of halogens is 1. The van der Waals surface area contributed by atoms with Gasteiger partial charge in [-0.05, 0) is 37.2 Å². The van der Waals surface area contributed by atoms with E-state index in [1.54, 1.807) is 0 Å². The highest BCUT2D eigenvalue weighted by molar-refractivity contribution is 6.33. The van der Waals surface area contributed by atoms with Gasteiger partial charge in [-0.3, -0.25) is 0 Å². The summed E-state index contributed by atoms with van der Waals surface area (Å²) in [4.78, 5) is 0. The molecular formula is C14H16ClNO2. The Morgan fingerprint density at radius 3 is 2.78 bits per heavy atom. The highest BCUT2D eigenvalue weighted by Gasteiger charge is 2.07. The van der Waals surface area contributed by atoms with Gasteiger partial charge in [-0.25, -0.2) is 0 Å². The number of nitrogens with two attached hydrogens (primary N) is 1. The zero-order chi connectivity index (χ0) is 12.8. The van der Waals surface area contributed by atoms with Crippen LogP contribution in [0.25, 0.3) is 11.3 Å². The van der Waals surface area contributed by atoms with Crippen LogP contribution >= 0.6 is 11.6 Å². The van der Waals surface area contributed by atoms with Crippen molar-refractivity contribution in [2.24, 2.45) is 5.73 Å². The third-order valence-corrected chi connectivity index (χ3v) is 2.87. The largest absolute Gasteiger partial charge is 0.459 e. The molecule has 18 heavy (non-hydrogen) atoms. The Morgan fingerprint density at radius 1 is 1.17 bits per heavy atom. The van der Waals surface area contributed by atoms with Gasteiger partial charge in [0.25, 0.3) is 0 Å². The fraction of sp³-hybridized carbons (Fsp3) is 0.286. The van der Waals surface area contributed by atoms with E-state index in [0.29, 0.717) is 24.8 Å². The maximum Gasteiger partial charge on any atom is 0.135 e.